The molecule has 0 radical (unpaired) electrons. The summed E-state index contributed by atoms with van der Waals surface area (Å²) in [6.07, 6.45) is 0.351. The second-order valence-corrected chi connectivity index (χ2v) is 6.96. The van der Waals surface area contributed by atoms with E-state index in [1.54, 1.807) is 24.0 Å². The van der Waals surface area contributed by atoms with Gasteiger partial charge in [-0.1, -0.05) is 19.1 Å². The topological polar surface area (TPSA) is 64.7 Å². The summed E-state index contributed by atoms with van der Waals surface area (Å²) >= 11 is 0. The number of anilines is 2. The van der Waals surface area contributed by atoms with Crippen molar-refractivity contribution in [1.82, 2.24) is 10.2 Å². The predicted octanol–water partition coefficient (Wildman–Crippen LogP) is 3.97. The molecular weight excluding hydrogens is 371 g/mol. The third-order valence-electron chi connectivity index (χ3n) is 4.44. The fraction of sp³-hybridized carbons (Fsp3) is 0.364. The van der Waals surface area contributed by atoms with Crippen molar-refractivity contribution in [2.75, 3.05) is 30.9 Å². The molecule has 0 spiro atoms. The third-order valence-corrected chi connectivity index (χ3v) is 4.44. The van der Waals surface area contributed by atoms with E-state index in [9.17, 15) is 14.0 Å². The number of hydrogen-bond acceptors (Lipinski definition) is 3. The van der Waals surface area contributed by atoms with E-state index in [4.69, 9.17) is 0 Å². The van der Waals surface area contributed by atoms with Gasteiger partial charge in [0, 0.05) is 51.5 Å². The Balaban J connectivity index is 2.31. The van der Waals surface area contributed by atoms with Crippen LogP contribution in [-0.2, 0) is 17.9 Å². The van der Waals surface area contributed by atoms with Crippen molar-refractivity contribution in [3.05, 3.63) is 59.4 Å². The number of halogens is 1. The van der Waals surface area contributed by atoms with E-state index < -0.39 is 0 Å². The third kappa shape index (κ3) is 6.48. The molecule has 6 nitrogen and oxygen atoms in total. The van der Waals surface area contributed by atoms with E-state index >= 15 is 0 Å². The van der Waals surface area contributed by atoms with Crippen LogP contribution in [0.1, 0.15) is 31.4 Å². The van der Waals surface area contributed by atoms with Crippen LogP contribution in [0.15, 0.2) is 42.5 Å². The van der Waals surface area contributed by atoms with Gasteiger partial charge < -0.3 is 20.4 Å². The molecule has 2 N–H and O–H groups in total. The summed E-state index contributed by atoms with van der Waals surface area (Å²) < 4.78 is 13.6. The summed E-state index contributed by atoms with van der Waals surface area (Å²) in [6, 6.07) is 11.6. The Hall–Kier alpha value is -3.09. The highest BCUT2D eigenvalue weighted by Crippen LogP contribution is 2.25. The Bertz CT molecular complexity index is 854. The van der Waals surface area contributed by atoms with Crippen molar-refractivity contribution in [3.63, 3.8) is 0 Å². The number of nitrogens with zero attached hydrogens (tertiary/aromatic N) is 2. The molecule has 0 aliphatic heterocycles. The van der Waals surface area contributed by atoms with E-state index in [-0.39, 0.29) is 17.8 Å². The molecule has 0 bridgehead atoms. The van der Waals surface area contributed by atoms with Crippen molar-refractivity contribution in [3.8, 4) is 0 Å². The summed E-state index contributed by atoms with van der Waals surface area (Å²) in [4.78, 5) is 28.1. The fourth-order valence-electron chi connectivity index (χ4n) is 3.08. The van der Waals surface area contributed by atoms with Crippen molar-refractivity contribution in [2.24, 2.45) is 0 Å². The number of benzene rings is 2. The summed E-state index contributed by atoms with van der Waals surface area (Å²) in [5.41, 5.74) is 3.21. The Morgan fingerprint density at radius 2 is 1.79 bits per heavy atom. The molecule has 0 heterocycles. The van der Waals surface area contributed by atoms with Crippen LogP contribution in [0.5, 0.6) is 0 Å². The lowest BCUT2D eigenvalue weighted by Crippen LogP contribution is -2.30. The zero-order valence-corrected chi connectivity index (χ0v) is 17.5. The summed E-state index contributed by atoms with van der Waals surface area (Å²) in [7, 11) is 3.85. The van der Waals surface area contributed by atoms with Gasteiger partial charge in [0.25, 0.3) is 0 Å². The van der Waals surface area contributed by atoms with Gasteiger partial charge in [0.15, 0.2) is 0 Å². The van der Waals surface area contributed by atoms with Gasteiger partial charge in [0.05, 0.1) is 0 Å². The average Bonchev–Trinajstić information content (AvgIpc) is 2.67. The van der Waals surface area contributed by atoms with Crippen molar-refractivity contribution in [1.29, 1.82) is 0 Å². The molecular formula is C22H29FN4O2. The smallest absolute Gasteiger partial charge is 0.319 e. The van der Waals surface area contributed by atoms with Crippen LogP contribution in [0.2, 0.25) is 0 Å². The average molecular weight is 400 g/mol. The molecule has 0 atom stereocenters. The van der Waals surface area contributed by atoms with Crippen LogP contribution >= 0.6 is 0 Å². The highest BCUT2D eigenvalue weighted by atomic mass is 19.1. The molecule has 0 saturated carbocycles. The van der Waals surface area contributed by atoms with Crippen LogP contribution in [0.3, 0.4) is 0 Å². The molecule has 7 heteroatoms. The lowest BCUT2D eigenvalue weighted by atomic mass is 10.1. The lowest BCUT2D eigenvalue weighted by Gasteiger charge is -2.26. The van der Waals surface area contributed by atoms with Gasteiger partial charge in [-0.05, 0) is 48.4 Å². The molecule has 0 aromatic heterocycles. The molecule has 29 heavy (non-hydrogen) atoms. The second-order valence-electron chi connectivity index (χ2n) is 6.96. The normalized spacial score (nSPS) is 10.4. The van der Waals surface area contributed by atoms with Crippen molar-refractivity contribution < 1.29 is 14.0 Å². The minimum Gasteiger partial charge on any atom is -0.377 e. The maximum Gasteiger partial charge on any atom is 0.319 e. The molecule has 0 fully saturated rings. The van der Waals surface area contributed by atoms with Gasteiger partial charge in [-0.15, -0.1) is 0 Å². The Morgan fingerprint density at radius 1 is 1.03 bits per heavy atom. The maximum absolute atomic E-state index is 13.6. The first-order chi connectivity index (χ1) is 13.8. The number of rotatable bonds is 8. The molecule has 2 aromatic carbocycles. The van der Waals surface area contributed by atoms with Crippen LogP contribution in [-0.4, -0.2) is 37.5 Å². The molecule has 0 aliphatic carbocycles. The molecule has 0 saturated heterocycles. The standard InChI is InChI=1S/C22H29FN4O2/c1-5-21(28)27(14-16-8-7-9-18(23)12-16)15-17-13-19(25-22(29)24-6-2)10-11-20(17)26(3)4/h7-13H,5-6,14-15H2,1-4H3,(H2,24,25,29). The molecule has 0 aliphatic rings. The number of nitrogens with one attached hydrogen (secondary N) is 2. The number of hydrogen-bond donors (Lipinski definition) is 2. The molecule has 2 aromatic rings. The maximum atomic E-state index is 13.6. The molecule has 2 rings (SSSR count). The first kappa shape index (κ1) is 22.2. The summed E-state index contributed by atoms with van der Waals surface area (Å²) in [5, 5.41) is 5.50. The monoisotopic (exact) mass is 400 g/mol. The quantitative estimate of drug-likeness (QED) is 0.705. The Morgan fingerprint density at radius 3 is 2.41 bits per heavy atom. The van der Waals surface area contributed by atoms with E-state index in [0.717, 1.165) is 16.8 Å². The zero-order valence-electron chi connectivity index (χ0n) is 17.5. The first-order valence-corrected chi connectivity index (χ1v) is 9.71. The van der Waals surface area contributed by atoms with E-state index in [1.165, 1.54) is 12.1 Å². The molecule has 156 valence electrons. The fourth-order valence-corrected chi connectivity index (χ4v) is 3.08. The van der Waals surface area contributed by atoms with Gasteiger partial charge in [-0.3, -0.25) is 4.79 Å². The predicted molar refractivity (Wildman–Crippen MR) is 114 cm³/mol. The molecule has 0 unspecified atom stereocenters. The van der Waals surface area contributed by atoms with Crippen LogP contribution in [0.25, 0.3) is 0 Å². The highest BCUT2D eigenvalue weighted by molar-refractivity contribution is 5.89. The van der Waals surface area contributed by atoms with Gasteiger partial charge in [-0.2, -0.15) is 0 Å². The van der Waals surface area contributed by atoms with E-state index in [0.29, 0.717) is 31.7 Å². The van der Waals surface area contributed by atoms with Crippen LogP contribution < -0.4 is 15.5 Å². The van der Waals surface area contributed by atoms with Crippen molar-refractivity contribution in [2.45, 2.75) is 33.4 Å². The number of carbonyl (C=O) groups excluding carboxylic acids is 2. The Labute approximate surface area is 171 Å². The van der Waals surface area contributed by atoms with Crippen LogP contribution in [0.4, 0.5) is 20.6 Å². The highest BCUT2D eigenvalue weighted by Gasteiger charge is 2.17. The first-order valence-electron chi connectivity index (χ1n) is 9.71. The Kier molecular flexibility index (Phi) is 8.00. The van der Waals surface area contributed by atoms with E-state index in [2.05, 4.69) is 10.6 Å². The van der Waals surface area contributed by atoms with Gasteiger partial charge in [0.1, 0.15) is 5.82 Å². The minimum atomic E-state index is -0.325. The minimum absolute atomic E-state index is 0.0268. The molecule has 3 amide bonds. The largest absolute Gasteiger partial charge is 0.377 e. The van der Waals surface area contributed by atoms with Gasteiger partial charge >= 0.3 is 6.03 Å². The van der Waals surface area contributed by atoms with Gasteiger partial charge in [-0.25, -0.2) is 9.18 Å². The number of amides is 3. The van der Waals surface area contributed by atoms with Gasteiger partial charge in [0.2, 0.25) is 5.91 Å². The lowest BCUT2D eigenvalue weighted by molar-refractivity contribution is -0.132. The van der Waals surface area contributed by atoms with Crippen molar-refractivity contribution >= 4 is 23.3 Å². The SMILES string of the molecule is CCNC(=O)Nc1ccc(N(C)C)c(CN(Cc2cccc(F)c2)C(=O)CC)c1. The second kappa shape index (κ2) is 10.5. The zero-order chi connectivity index (χ0) is 21.4. The number of urea groups is 1. The van der Waals surface area contributed by atoms with Crippen LogP contribution in [0, 0.1) is 5.82 Å². The summed E-state index contributed by atoms with van der Waals surface area (Å²) in [6.45, 7) is 4.84. The number of carbonyl (C=O) groups is 2. The summed E-state index contributed by atoms with van der Waals surface area (Å²) in [5.74, 6) is -0.352. The van der Waals surface area contributed by atoms with E-state index in [1.807, 2.05) is 44.1 Å².